The second kappa shape index (κ2) is 5.55. The molecule has 5 heteroatoms. The van der Waals surface area contributed by atoms with E-state index in [2.05, 4.69) is 11.4 Å². The minimum atomic E-state index is -2.03. The van der Waals surface area contributed by atoms with Gasteiger partial charge in [-0.2, -0.15) is 0 Å². The topological polar surface area (TPSA) is 66.2 Å². The van der Waals surface area contributed by atoms with Gasteiger partial charge >= 0.3 is 0 Å². The third kappa shape index (κ3) is 3.23. The van der Waals surface area contributed by atoms with Crippen molar-refractivity contribution in [3.05, 3.63) is 46.2 Å². The lowest BCUT2D eigenvalue weighted by molar-refractivity contribution is 0.536. The van der Waals surface area contributed by atoms with Gasteiger partial charge in [-0.1, -0.05) is 35.3 Å². The van der Waals surface area contributed by atoms with E-state index in [0.717, 1.165) is 21.6 Å². The fraction of sp³-hybridized carbons (Fsp3) is 0.167. The fourth-order valence-electron chi connectivity index (χ4n) is 1.57. The van der Waals surface area contributed by atoms with Crippen molar-refractivity contribution in [3.63, 3.8) is 0 Å². The average Bonchev–Trinajstić information content (AvgIpc) is 2.78. The third-order valence-corrected chi connectivity index (χ3v) is 3.95. The molecule has 0 radical (unpaired) electrons. The minimum absolute atomic E-state index is 0.0674. The molecule has 0 spiro atoms. The van der Waals surface area contributed by atoms with Crippen LogP contribution in [0.2, 0.25) is 0 Å². The van der Waals surface area contributed by atoms with Crippen LogP contribution in [0.1, 0.15) is 10.4 Å². The Bertz CT molecular complexity index is 520. The molecule has 1 atom stereocenters. The Balaban J connectivity index is 2.19. The molecule has 1 heterocycles. The summed E-state index contributed by atoms with van der Waals surface area (Å²) in [4.78, 5) is 1.14. The normalized spacial score (nSPS) is 12.6. The van der Waals surface area contributed by atoms with Crippen LogP contribution >= 0.6 is 11.3 Å². The van der Waals surface area contributed by atoms with Gasteiger partial charge in [-0.15, -0.1) is 11.3 Å². The molecular formula is C12H12NO2S2-. The standard InChI is InChI=1S/C12H13NO2S2/c13-6-12-5-11(7-16-12)10-3-1-9(2-4-10)8-17(14)15/h1-5,7H,6,8,13H2,(H,14,15)/p-1. The van der Waals surface area contributed by atoms with Crippen molar-refractivity contribution < 1.29 is 8.76 Å². The zero-order chi connectivity index (χ0) is 12.3. The van der Waals surface area contributed by atoms with Crippen LogP contribution in [0.15, 0.2) is 35.7 Å². The van der Waals surface area contributed by atoms with Crippen molar-refractivity contribution in [2.24, 2.45) is 5.73 Å². The van der Waals surface area contributed by atoms with Gasteiger partial charge in [0.25, 0.3) is 0 Å². The summed E-state index contributed by atoms with van der Waals surface area (Å²) in [5.41, 5.74) is 8.58. The zero-order valence-corrected chi connectivity index (χ0v) is 10.7. The second-order valence-electron chi connectivity index (χ2n) is 3.65. The van der Waals surface area contributed by atoms with Crippen LogP contribution in [0.4, 0.5) is 0 Å². The van der Waals surface area contributed by atoms with Crippen LogP contribution in [0, 0.1) is 0 Å². The highest BCUT2D eigenvalue weighted by atomic mass is 32.2. The summed E-state index contributed by atoms with van der Waals surface area (Å²) in [7, 11) is 0. The maximum absolute atomic E-state index is 10.6. The highest BCUT2D eigenvalue weighted by molar-refractivity contribution is 7.78. The van der Waals surface area contributed by atoms with Gasteiger partial charge < -0.3 is 10.3 Å². The first-order valence-corrected chi connectivity index (χ1v) is 7.24. The average molecular weight is 266 g/mol. The number of nitrogens with two attached hydrogens (primary N) is 1. The zero-order valence-electron chi connectivity index (χ0n) is 9.09. The van der Waals surface area contributed by atoms with E-state index >= 15 is 0 Å². The molecule has 0 fully saturated rings. The molecule has 2 aromatic rings. The first-order chi connectivity index (χ1) is 8.19. The molecule has 1 unspecified atom stereocenters. The monoisotopic (exact) mass is 266 g/mol. The molecule has 3 nitrogen and oxygen atoms in total. The molecule has 90 valence electrons. The predicted octanol–water partition coefficient (Wildman–Crippen LogP) is 2.25. The Morgan fingerprint density at radius 2 is 1.94 bits per heavy atom. The molecule has 2 rings (SSSR count). The van der Waals surface area contributed by atoms with Crippen molar-refractivity contribution in [1.82, 2.24) is 0 Å². The molecule has 0 aliphatic carbocycles. The van der Waals surface area contributed by atoms with Crippen molar-refractivity contribution in [2.75, 3.05) is 0 Å². The van der Waals surface area contributed by atoms with Gasteiger partial charge in [0.2, 0.25) is 0 Å². The molecule has 0 aliphatic heterocycles. The lowest BCUT2D eigenvalue weighted by Gasteiger charge is -2.05. The van der Waals surface area contributed by atoms with Gasteiger partial charge in [-0.25, -0.2) is 0 Å². The summed E-state index contributed by atoms with van der Waals surface area (Å²) in [6.45, 7) is 0.553. The Labute approximate surface area is 107 Å². The van der Waals surface area contributed by atoms with Crippen LogP contribution in [0.5, 0.6) is 0 Å². The summed E-state index contributed by atoms with van der Waals surface area (Å²) in [5.74, 6) is 0.0674. The SMILES string of the molecule is NCc1cc(-c2ccc(CS(=O)[O-])cc2)cs1. The second-order valence-corrected chi connectivity index (χ2v) is 5.54. The largest absolute Gasteiger partial charge is 0.772 e. The number of hydrogen-bond acceptors (Lipinski definition) is 4. The maximum Gasteiger partial charge on any atom is 0.0353 e. The molecule has 17 heavy (non-hydrogen) atoms. The molecule has 2 N–H and O–H groups in total. The van der Waals surface area contributed by atoms with Crippen molar-refractivity contribution in [2.45, 2.75) is 12.3 Å². The van der Waals surface area contributed by atoms with Gasteiger partial charge in [0.1, 0.15) is 0 Å². The van der Waals surface area contributed by atoms with E-state index in [-0.39, 0.29) is 5.75 Å². The molecule has 0 aliphatic rings. The molecule has 1 aromatic heterocycles. The van der Waals surface area contributed by atoms with Crippen molar-refractivity contribution in [1.29, 1.82) is 0 Å². The fourth-order valence-corrected chi connectivity index (χ4v) is 2.81. The van der Waals surface area contributed by atoms with Crippen LogP contribution in [0.25, 0.3) is 11.1 Å². The first kappa shape index (κ1) is 12.4. The van der Waals surface area contributed by atoms with Gasteiger partial charge in [0.15, 0.2) is 0 Å². The number of hydrogen-bond donors (Lipinski definition) is 1. The lowest BCUT2D eigenvalue weighted by Crippen LogP contribution is -1.93. The third-order valence-electron chi connectivity index (χ3n) is 2.43. The van der Waals surface area contributed by atoms with E-state index in [0.29, 0.717) is 6.54 Å². The Hall–Kier alpha value is -1.01. The van der Waals surface area contributed by atoms with Crippen molar-refractivity contribution in [3.8, 4) is 11.1 Å². The molecule has 0 amide bonds. The Kier molecular flexibility index (Phi) is 4.06. The van der Waals surface area contributed by atoms with Gasteiger partial charge in [-0.05, 0) is 28.1 Å². The number of rotatable bonds is 4. The highest BCUT2D eigenvalue weighted by Crippen LogP contribution is 2.25. The van der Waals surface area contributed by atoms with E-state index in [4.69, 9.17) is 5.73 Å². The highest BCUT2D eigenvalue weighted by Gasteiger charge is 2.01. The molecular weight excluding hydrogens is 254 g/mol. The van der Waals surface area contributed by atoms with Crippen LogP contribution in [-0.2, 0) is 23.4 Å². The number of thiophene rings is 1. The van der Waals surface area contributed by atoms with Crippen LogP contribution in [-0.4, -0.2) is 8.76 Å². The predicted molar refractivity (Wildman–Crippen MR) is 70.3 cm³/mol. The summed E-state index contributed by atoms with van der Waals surface area (Å²) < 4.78 is 21.1. The maximum atomic E-state index is 10.6. The Morgan fingerprint density at radius 3 is 2.47 bits per heavy atom. The van der Waals surface area contributed by atoms with Gasteiger partial charge in [0, 0.05) is 17.2 Å². The van der Waals surface area contributed by atoms with Crippen LogP contribution in [0.3, 0.4) is 0 Å². The summed E-state index contributed by atoms with van der Waals surface area (Å²) in [6, 6.07) is 9.61. The summed E-state index contributed by atoms with van der Waals surface area (Å²) in [5, 5.41) is 2.06. The van der Waals surface area contributed by atoms with Gasteiger partial charge in [0.05, 0.1) is 0 Å². The minimum Gasteiger partial charge on any atom is -0.772 e. The Morgan fingerprint density at radius 1 is 1.24 bits per heavy atom. The smallest absolute Gasteiger partial charge is 0.0353 e. The molecule has 0 saturated heterocycles. The quantitative estimate of drug-likeness (QED) is 0.863. The summed E-state index contributed by atoms with van der Waals surface area (Å²) in [6.07, 6.45) is 0. The van der Waals surface area contributed by atoms with Crippen molar-refractivity contribution >= 4 is 22.4 Å². The van der Waals surface area contributed by atoms with E-state index in [1.165, 1.54) is 0 Å². The van der Waals surface area contributed by atoms with E-state index in [1.807, 2.05) is 24.3 Å². The van der Waals surface area contributed by atoms with Gasteiger partial charge in [-0.3, -0.25) is 4.21 Å². The van der Waals surface area contributed by atoms with E-state index in [1.54, 1.807) is 11.3 Å². The molecule has 0 saturated carbocycles. The van der Waals surface area contributed by atoms with E-state index < -0.39 is 11.1 Å². The van der Waals surface area contributed by atoms with Crippen LogP contribution < -0.4 is 5.73 Å². The first-order valence-electron chi connectivity index (χ1n) is 5.11. The number of benzene rings is 1. The molecule has 1 aromatic carbocycles. The van der Waals surface area contributed by atoms with E-state index in [9.17, 15) is 8.76 Å². The summed E-state index contributed by atoms with van der Waals surface area (Å²) >= 11 is -0.394. The molecule has 0 bridgehead atoms. The lowest BCUT2D eigenvalue weighted by atomic mass is 10.1.